The van der Waals surface area contributed by atoms with Gasteiger partial charge >= 0.3 is 11.9 Å². The van der Waals surface area contributed by atoms with Crippen LogP contribution in [-0.4, -0.2) is 139 Å². The van der Waals surface area contributed by atoms with Crippen LogP contribution in [0.25, 0.3) is 0 Å². The smallest absolute Gasteiger partial charge is 0.331 e. The molecule has 42 heavy (non-hydrogen) atoms. The molecule has 0 spiro atoms. The minimum Gasteiger partial charge on any atom is -0.461 e. The first-order chi connectivity index (χ1) is 19.7. The molecule has 2 amide bonds. The van der Waals surface area contributed by atoms with Gasteiger partial charge in [0.15, 0.2) is 0 Å². The molecule has 14 heteroatoms. The molecule has 0 N–H and O–H groups in total. The van der Waals surface area contributed by atoms with Gasteiger partial charge in [-0.05, 0) is 27.7 Å². The van der Waals surface area contributed by atoms with Gasteiger partial charge in [-0.15, -0.1) is 0 Å². The van der Waals surface area contributed by atoms with E-state index in [1.54, 1.807) is 0 Å². The number of esters is 2. The Balaban J connectivity index is 5.01. The molecule has 0 radical (unpaired) electrons. The highest BCUT2D eigenvalue weighted by Gasteiger charge is 2.38. The van der Waals surface area contributed by atoms with Crippen molar-refractivity contribution < 1.29 is 57.2 Å². The van der Waals surface area contributed by atoms with E-state index in [-0.39, 0.29) is 52.6 Å². The van der Waals surface area contributed by atoms with Crippen LogP contribution in [0, 0.1) is 10.8 Å². The van der Waals surface area contributed by atoms with Crippen molar-refractivity contribution in [1.29, 1.82) is 0 Å². The number of methoxy groups -OCH3 is 4. The SMILES string of the molecule is COCCN(CCOC)C(=O)C(=O)C(C)(C)COC(=O)/C=C/C(=O)OCC(C)(C)C(=O)C(=O)N(CCOC)CCOC. The number of hydrogen-bond donors (Lipinski definition) is 0. The molecule has 0 bridgehead atoms. The number of hydrogen-bond acceptors (Lipinski definition) is 12. The standard InChI is InChI=1S/C28H46N2O12/c1-27(2,23(33)25(35)29(11-15-37-5)12-16-38-6)19-41-21(31)9-10-22(32)42-20-28(3,4)24(34)26(36)30(13-17-39-7)14-18-40-8/h9-10H,11-20H2,1-8H3/b10-9+. The van der Waals surface area contributed by atoms with Gasteiger partial charge in [0, 0.05) is 66.8 Å². The predicted molar refractivity (Wildman–Crippen MR) is 149 cm³/mol. The van der Waals surface area contributed by atoms with Gasteiger partial charge in [0.1, 0.15) is 13.2 Å². The third-order valence-electron chi connectivity index (χ3n) is 5.96. The maximum Gasteiger partial charge on any atom is 0.331 e. The molecule has 0 heterocycles. The van der Waals surface area contributed by atoms with Crippen LogP contribution in [0.4, 0.5) is 0 Å². The lowest BCUT2D eigenvalue weighted by Crippen LogP contribution is -2.47. The zero-order valence-corrected chi connectivity index (χ0v) is 26.0. The van der Waals surface area contributed by atoms with E-state index in [1.165, 1.54) is 65.9 Å². The molecule has 0 fully saturated rings. The number of nitrogens with zero attached hydrogens (tertiary/aromatic N) is 2. The Morgan fingerprint density at radius 1 is 0.524 bits per heavy atom. The second-order valence-corrected chi connectivity index (χ2v) is 10.5. The lowest BCUT2D eigenvalue weighted by atomic mass is 9.88. The van der Waals surface area contributed by atoms with Crippen LogP contribution in [0.5, 0.6) is 0 Å². The van der Waals surface area contributed by atoms with Gasteiger partial charge < -0.3 is 38.2 Å². The van der Waals surface area contributed by atoms with E-state index in [0.29, 0.717) is 0 Å². The van der Waals surface area contributed by atoms with Crippen LogP contribution < -0.4 is 0 Å². The van der Waals surface area contributed by atoms with Crippen LogP contribution in [0.3, 0.4) is 0 Å². The maximum atomic E-state index is 12.8. The third-order valence-corrected chi connectivity index (χ3v) is 5.96. The zero-order valence-electron chi connectivity index (χ0n) is 26.0. The minimum absolute atomic E-state index is 0.182. The van der Waals surface area contributed by atoms with E-state index in [4.69, 9.17) is 28.4 Å². The summed E-state index contributed by atoms with van der Waals surface area (Å²) in [6.45, 7) is 6.59. The molecule has 0 aliphatic heterocycles. The van der Waals surface area contributed by atoms with Crippen molar-refractivity contribution in [3.05, 3.63) is 12.2 Å². The van der Waals surface area contributed by atoms with Crippen LogP contribution in [-0.2, 0) is 57.2 Å². The second kappa shape index (κ2) is 19.8. The molecule has 0 unspecified atom stereocenters. The summed E-state index contributed by atoms with van der Waals surface area (Å²) in [7, 11) is 5.88. The number of carbonyl (C=O) groups is 6. The number of rotatable bonds is 22. The van der Waals surface area contributed by atoms with Crippen LogP contribution in [0.2, 0.25) is 0 Å². The van der Waals surface area contributed by atoms with Gasteiger partial charge in [-0.3, -0.25) is 19.2 Å². The largest absolute Gasteiger partial charge is 0.461 e. The van der Waals surface area contributed by atoms with E-state index in [1.807, 2.05) is 0 Å². The molecule has 14 nitrogen and oxygen atoms in total. The Bertz CT molecular complexity index is 855. The summed E-state index contributed by atoms with van der Waals surface area (Å²) in [5, 5.41) is 0. The molecule has 0 aliphatic carbocycles. The van der Waals surface area contributed by atoms with Crippen molar-refractivity contribution >= 4 is 35.3 Å². The van der Waals surface area contributed by atoms with E-state index in [9.17, 15) is 28.8 Å². The third kappa shape index (κ3) is 14.1. The summed E-state index contributed by atoms with van der Waals surface area (Å²) in [4.78, 5) is 78.0. The number of amides is 2. The molecule has 0 saturated heterocycles. The first kappa shape index (κ1) is 38.8. The molecular formula is C28H46N2O12. The molecule has 0 rings (SSSR count). The number of carbonyl (C=O) groups excluding carboxylic acids is 6. The van der Waals surface area contributed by atoms with Crippen LogP contribution in [0.1, 0.15) is 27.7 Å². The molecule has 0 aliphatic rings. The highest BCUT2D eigenvalue weighted by atomic mass is 16.5. The molecule has 0 atom stereocenters. The zero-order chi connectivity index (χ0) is 32.3. The lowest BCUT2D eigenvalue weighted by molar-refractivity contribution is -0.155. The first-order valence-electron chi connectivity index (χ1n) is 13.3. The van der Waals surface area contributed by atoms with Gasteiger partial charge in [0.2, 0.25) is 11.6 Å². The molecular weight excluding hydrogens is 556 g/mol. The highest BCUT2D eigenvalue weighted by molar-refractivity contribution is 6.38. The van der Waals surface area contributed by atoms with E-state index < -0.39 is 59.4 Å². The van der Waals surface area contributed by atoms with E-state index in [0.717, 1.165) is 12.2 Å². The van der Waals surface area contributed by atoms with Gasteiger partial charge in [-0.1, -0.05) is 0 Å². The average molecular weight is 603 g/mol. The summed E-state index contributed by atoms with van der Waals surface area (Å²) in [5.74, 6) is -4.96. The van der Waals surface area contributed by atoms with Crippen LogP contribution >= 0.6 is 0 Å². The average Bonchev–Trinajstić information content (AvgIpc) is 2.96. The number of ether oxygens (including phenoxy) is 6. The molecule has 0 aromatic heterocycles. The molecule has 0 aromatic carbocycles. The van der Waals surface area contributed by atoms with Gasteiger partial charge in [0.25, 0.3) is 11.8 Å². The second-order valence-electron chi connectivity index (χ2n) is 10.5. The first-order valence-corrected chi connectivity index (χ1v) is 13.3. The topological polar surface area (TPSA) is 164 Å². The van der Waals surface area contributed by atoms with Crippen molar-refractivity contribution in [3.63, 3.8) is 0 Å². The quantitative estimate of drug-likeness (QED) is 0.0931. The predicted octanol–water partition coefficient (Wildman–Crippen LogP) is 0.0624. The molecule has 240 valence electrons. The van der Waals surface area contributed by atoms with Gasteiger partial charge in [0.05, 0.1) is 37.3 Å². The fourth-order valence-electron chi connectivity index (χ4n) is 3.17. The van der Waals surface area contributed by atoms with Crippen molar-refractivity contribution in [2.24, 2.45) is 10.8 Å². The minimum atomic E-state index is -1.35. The molecule has 0 aromatic rings. The normalized spacial score (nSPS) is 11.7. The Morgan fingerprint density at radius 2 is 0.786 bits per heavy atom. The van der Waals surface area contributed by atoms with Crippen LogP contribution in [0.15, 0.2) is 12.2 Å². The summed E-state index contributed by atoms with van der Waals surface area (Å²) in [6.07, 6.45) is 1.59. The number of ketones is 2. The molecule has 0 saturated carbocycles. The fraction of sp³-hybridized carbons (Fsp3) is 0.714. The fourth-order valence-corrected chi connectivity index (χ4v) is 3.17. The van der Waals surface area contributed by atoms with Crippen molar-refractivity contribution in [2.45, 2.75) is 27.7 Å². The Hall–Kier alpha value is -3.20. The van der Waals surface area contributed by atoms with Crippen molar-refractivity contribution in [2.75, 3.05) is 94.3 Å². The Labute approximate surface area is 247 Å². The summed E-state index contributed by atoms with van der Waals surface area (Å²) in [5.41, 5.74) is -2.70. The monoisotopic (exact) mass is 602 g/mol. The highest BCUT2D eigenvalue weighted by Crippen LogP contribution is 2.20. The summed E-state index contributed by atoms with van der Waals surface area (Å²) < 4.78 is 30.1. The lowest BCUT2D eigenvalue weighted by Gasteiger charge is -2.27. The van der Waals surface area contributed by atoms with E-state index >= 15 is 0 Å². The summed E-state index contributed by atoms with van der Waals surface area (Å²) in [6, 6.07) is 0. The van der Waals surface area contributed by atoms with E-state index in [2.05, 4.69) is 0 Å². The van der Waals surface area contributed by atoms with Crippen molar-refractivity contribution in [1.82, 2.24) is 9.80 Å². The van der Waals surface area contributed by atoms with Gasteiger partial charge in [-0.25, -0.2) is 9.59 Å². The number of Topliss-reactive ketones (excluding diaryl/α,β-unsaturated/α-hetero) is 2. The van der Waals surface area contributed by atoms with Gasteiger partial charge in [-0.2, -0.15) is 0 Å². The maximum absolute atomic E-state index is 12.8. The Kier molecular flexibility index (Phi) is 18.3. The summed E-state index contributed by atoms with van der Waals surface area (Å²) >= 11 is 0. The van der Waals surface area contributed by atoms with Crippen molar-refractivity contribution in [3.8, 4) is 0 Å². The Morgan fingerprint density at radius 3 is 1.02 bits per heavy atom.